The van der Waals surface area contributed by atoms with E-state index in [2.05, 4.69) is 48.3 Å². The minimum Gasteiger partial charge on any atom is -0.493 e. The van der Waals surface area contributed by atoms with Crippen molar-refractivity contribution in [2.45, 2.75) is 45.2 Å². The van der Waals surface area contributed by atoms with E-state index in [9.17, 15) is 4.79 Å². The largest absolute Gasteiger partial charge is 0.493 e. The molecule has 0 aromatic heterocycles. The van der Waals surface area contributed by atoms with Gasteiger partial charge in [-0.15, -0.1) is 0 Å². The Bertz CT molecular complexity index is 885. The normalized spacial score (nSPS) is 14.0. The first-order valence-electron chi connectivity index (χ1n) is 10.8. The van der Waals surface area contributed by atoms with Crippen molar-refractivity contribution in [2.24, 2.45) is 0 Å². The number of nitrogens with zero attached hydrogens (tertiary/aromatic N) is 1. The van der Waals surface area contributed by atoms with Gasteiger partial charge in [-0.25, -0.2) is 0 Å². The molecule has 168 valence electrons. The molecule has 0 bridgehead atoms. The molecule has 1 heterocycles. The number of methoxy groups -OCH3 is 3. The highest BCUT2D eigenvalue weighted by Gasteiger charge is 2.30. The summed E-state index contributed by atoms with van der Waals surface area (Å²) in [4.78, 5) is 15.0. The zero-order chi connectivity index (χ0) is 22.4. The van der Waals surface area contributed by atoms with Crippen LogP contribution in [0.3, 0.4) is 0 Å². The molecule has 2 aromatic rings. The Morgan fingerprint density at radius 3 is 2.29 bits per heavy atom. The van der Waals surface area contributed by atoms with Crippen molar-refractivity contribution in [1.82, 2.24) is 10.2 Å². The van der Waals surface area contributed by atoms with Gasteiger partial charge in [0.05, 0.1) is 21.3 Å². The van der Waals surface area contributed by atoms with E-state index in [0.29, 0.717) is 36.6 Å². The summed E-state index contributed by atoms with van der Waals surface area (Å²) in [5.41, 5.74) is 3.67. The van der Waals surface area contributed by atoms with Crippen LogP contribution in [0.5, 0.6) is 17.2 Å². The third-order valence-corrected chi connectivity index (χ3v) is 6.07. The average molecular weight is 427 g/mol. The second-order valence-electron chi connectivity index (χ2n) is 8.56. The Balaban J connectivity index is 1.54. The Kier molecular flexibility index (Phi) is 7.44. The molecule has 0 saturated heterocycles. The number of hydrogen-bond acceptors (Lipinski definition) is 5. The van der Waals surface area contributed by atoms with E-state index in [-0.39, 0.29) is 11.4 Å². The minimum absolute atomic E-state index is 0.0410. The fraction of sp³-hybridized carbons (Fsp3) is 0.480. The molecule has 0 atom stereocenters. The molecule has 0 unspecified atom stereocenters. The number of ether oxygens (including phenoxy) is 3. The summed E-state index contributed by atoms with van der Waals surface area (Å²) < 4.78 is 16.2. The summed E-state index contributed by atoms with van der Waals surface area (Å²) in [6.07, 6.45) is 2.05. The van der Waals surface area contributed by atoms with Crippen LogP contribution in [0.2, 0.25) is 0 Å². The van der Waals surface area contributed by atoms with Gasteiger partial charge in [0.1, 0.15) is 0 Å². The zero-order valence-electron chi connectivity index (χ0n) is 19.3. The molecule has 31 heavy (non-hydrogen) atoms. The van der Waals surface area contributed by atoms with Crippen LogP contribution in [0, 0.1) is 0 Å². The van der Waals surface area contributed by atoms with Gasteiger partial charge in [-0.05, 0) is 55.5 Å². The second-order valence-corrected chi connectivity index (χ2v) is 8.56. The van der Waals surface area contributed by atoms with Gasteiger partial charge in [0, 0.05) is 31.6 Å². The van der Waals surface area contributed by atoms with Gasteiger partial charge < -0.3 is 19.5 Å². The number of amides is 1. The Morgan fingerprint density at radius 2 is 1.68 bits per heavy atom. The van der Waals surface area contributed by atoms with E-state index in [1.807, 2.05) is 12.1 Å². The molecule has 3 rings (SSSR count). The molecule has 0 fully saturated rings. The second kappa shape index (κ2) is 10.1. The smallest absolute Gasteiger partial charge is 0.220 e. The minimum atomic E-state index is -0.115. The lowest BCUT2D eigenvalue weighted by atomic mass is 9.94. The lowest BCUT2D eigenvalue weighted by molar-refractivity contribution is -0.121. The van der Waals surface area contributed by atoms with Crippen LogP contribution in [0.15, 0.2) is 36.4 Å². The summed E-state index contributed by atoms with van der Waals surface area (Å²) in [5, 5.41) is 3.13. The summed E-state index contributed by atoms with van der Waals surface area (Å²) in [5.74, 6) is 1.80. The van der Waals surface area contributed by atoms with Crippen LogP contribution in [-0.2, 0) is 24.2 Å². The first-order chi connectivity index (χ1) is 14.9. The number of aryl methyl sites for hydroxylation is 1. The summed E-state index contributed by atoms with van der Waals surface area (Å²) in [6, 6.07) is 12.4. The first-order valence-corrected chi connectivity index (χ1v) is 10.8. The van der Waals surface area contributed by atoms with Crippen LogP contribution < -0.4 is 19.5 Å². The monoisotopic (exact) mass is 426 g/mol. The predicted octanol–water partition coefficient (Wildman–Crippen LogP) is 3.60. The maximum atomic E-state index is 12.6. The van der Waals surface area contributed by atoms with Gasteiger partial charge >= 0.3 is 0 Å². The molecule has 0 aliphatic carbocycles. The molecule has 1 N–H and O–H groups in total. The number of carbonyl (C=O) groups excluding carboxylic acids is 1. The molecule has 0 saturated carbocycles. The number of nitrogens with one attached hydrogen (secondary N) is 1. The van der Waals surface area contributed by atoms with E-state index in [1.54, 1.807) is 21.3 Å². The van der Waals surface area contributed by atoms with Crippen molar-refractivity contribution in [2.75, 3.05) is 34.4 Å². The standard InChI is InChI=1S/C25H34N2O4/c1-25(2,27-13-12-19-8-6-7-9-20(19)16-27)17-26-23(28)11-10-18-14-21(29-3)24(31-5)22(15-18)30-4/h6-9,14-15H,10-13,16-17H2,1-5H3,(H,26,28). The Labute approximate surface area is 185 Å². The van der Waals surface area contributed by atoms with Gasteiger partial charge in [0.2, 0.25) is 11.7 Å². The Hall–Kier alpha value is -2.73. The fourth-order valence-corrected chi connectivity index (χ4v) is 4.07. The topological polar surface area (TPSA) is 60.0 Å². The molecule has 6 heteroatoms. The molecule has 6 nitrogen and oxygen atoms in total. The van der Waals surface area contributed by atoms with Gasteiger partial charge in [-0.2, -0.15) is 0 Å². The molecule has 1 amide bonds. The van der Waals surface area contributed by atoms with Crippen molar-refractivity contribution in [3.8, 4) is 17.2 Å². The van der Waals surface area contributed by atoms with E-state index < -0.39 is 0 Å². The van der Waals surface area contributed by atoms with Crippen LogP contribution in [0.1, 0.15) is 37.0 Å². The van der Waals surface area contributed by atoms with Crippen LogP contribution in [-0.4, -0.2) is 50.8 Å². The number of carbonyl (C=O) groups is 1. The Morgan fingerprint density at radius 1 is 1.03 bits per heavy atom. The molecule has 1 aliphatic rings. The molecule has 2 aromatic carbocycles. The summed E-state index contributed by atoms with van der Waals surface area (Å²) in [6.45, 7) is 6.93. The SMILES string of the molecule is COc1cc(CCC(=O)NCC(C)(C)N2CCc3ccccc3C2)cc(OC)c1OC. The maximum Gasteiger partial charge on any atom is 0.220 e. The lowest BCUT2D eigenvalue weighted by Crippen LogP contribution is -2.53. The lowest BCUT2D eigenvalue weighted by Gasteiger charge is -2.41. The molecule has 0 spiro atoms. The third kappa shape index (κ3) is 5.50. The van der Waals surface area contributed by atoms with Crippen molar-refractivity contribution < 1.29 is 19.0 Å². The number of fused-ring (bicyclic) bond motifs is 1. The highest BCUT2D eigenvalue weighted by atomic mass is 16.5. The first kappa shape index (κ1) is 22.9. The molecule has 1 aliphatic heterocycles. The average Bonchev–Trinajstić information content (AvgIpc) is 2.80. The van der Waals surface area contributed by atoms with Gasteiger partial charge in [-0.1, -0.05) is 24.3 Å². The van der Waals surface area contributed by atoms with Gasteiger partial charge in [-0.3, -0.25) is 9.69 Å². The van der Waals surface area contributed by atoms with Crippen molar-refractivity contribution >= 4 is 5.91 Å². The highest BCUT2D eigenvalue weighted by molar-refractivity contribution is 5.76. The van der Waals surface area contributed by atoms with E-state index in [1.165, 1.54) is 11.1 Å². The summed E-state index contributed by atoms with van der Waals surface area (Å²) >= 11 is 0. The zero-order valence-corrected chi connectivity index (χ0v) is 19.3. The number of benzene rings is 2. The van der Waals surface area contributed by atoms with Gasteiger partial charge in [0.25, 0.3) is 0 Å². The van der Waals surface area contributed by atoms with Crippen LogP contribution in [0.4, 0.5) is 0 Å². The van der Waals surface area contributed by atoms with Crippen LogP contribution >= 0.6 is 0 Å². The van der Waals surface area contributed by atoms with Crippen molar-refractivity contribution in [3.63, 3.8) is 0 Å². The third-order valence-electron chi connectivity index (χ3n) is 6.07. The predicted molar refractivity (Wildman–Crippen MR) is 122 cm³/mol. The molecular formula is C25H34N2O4. The van der Waals surface area contributed by atoms with Crippen LogP contribution in [0.25, 0.3) is 0 Å². The molecule has 0 radical (unpaired) electrons. The van der Waals surface area contributed by atoms with Crippen molar-refractivity contribution in [3.05, 3.63) is 53.1 Å². The van der Waals surface area contributed by atoms with Gasteiger partial charge in [0.15, 0.2) is 11.5 Å². The van der Waals surface area contributed by atoms with E-state index >= 15 is 0 Å². The quantitative estimate of drug-likeness (QED) is 0.664. The van der Waals surface area contributed by atoms with Crippen molar-refractivity contribution in [1.29, 1.82) is 0 Å². The van der Waals surface area contributed by atoms with E-state index in [0.717, 1.165) is 25.1 Å². The summed E-state index contributed by atoms with van der Waals surface area (Å²) in [7, 11) is 4.76. The van der Waals surface area contributed by atoms with E-state index in [4.69, 9.17) is 14.2 Å². The number of rotatable bonds is 9. The maximum absolute atomic E-state index is 12.6. The molecular weight excluding hydrogens is 392 g/mol. The number of hydrogen-bond donors (Lipinski definition) is 1. The fourth-order valence-electron chi connectivity index (χ4n) is 4.07. The highest BCUT2D eigenvalue weighted by Crippen LogP contribution is 2.38.